The van der Waals surface area contributed by atoms with Crippen molar-refractivity contribution in [1.29, 1.82) is 0 Å². The van der Waals surface area contributed by atoms with Crippen LogP contribution in [0.2, 0.25) is 0 Å². The summed E-state index contributed by atoms with van der Waals surface area (Å²) < 4.78 is 5.67. The number of aliphatic imine (C=N–C) groups is 1. The van der Waals surface area contributed by atoms with Crippen LogP contribution >= 0.6 is 24.0 Å². The molecule has 2 aliphatic rings. The van der Waals surface area contributed by atoms with Crippen molar-refractivity contribution in [1.82, 2.24) is 10.2 Å². The van der Waals surface area contributed by atoms with Crippen LogP contribution in [0.1, 0.15) is 43.7 Å². The fourth-order valence-electron chi connectivity index (χ4n) is 4.02. The molecule has 5 heteroatoms. The predicted octanol–water partition coefficient (Wildman–Crippen LogP) is 3.72. The van der Waals surface area contributed by atoms with Gasteiger partial charge in [0.1, 0.15) is 0 Å². The lowest BCUT2D eigenvalue weighted by Crippen LogP contribution is -2.42. The molecule has 0 amide bonds. The smallest absolute Gasteiger partial charge is 0.193 e. The number of likely N-dealkylation sites (tertiary alicyclic amines) is 1. The molecule has 1 aromatic carbocycles. The maximum absolute atomic E-state index is 5.67. The summed E-state index contributed by atoms with van der Waals surface area (Å²) >= 11 is 0. The lowest BCUT2D eigenvalue weighted by Gasteiger charge is -2.38. The Kier molecular flexibility index (Phi) is 8.00. The molecule has 0 aromatic heterocycles. The lowest BCUT2D eigenvalue weighted by molar-refractivity contribution is 0.0528. The van der Waals surface area contributed by atoms with Gasteiger partial charge >= 0.3 is 0 Å². The number of nitrogens with zero attached hydrogens (tertiary/aromatic N) is 2. The van der Waals surface area contributed by atoms with Crippen molar-refractivity contribution in [2.75, 3.05) is 39.4 Å². The molecule has 4 nitrogen and oxygen atoms in total. The summed E-state index contributed by atoms with van der Waals surface area (Å²) in [5.74, 6) is 1.09. The van der Waals surface area contributed by atoms with Gasteiger partial charge in [-0.3, -0.25) is 4.99 Å². The third-order valence-corrected chi connectivity index (χ3v) is 5.44. The molecule has 0 radical (unpaired) electrons. The summed E-state index contributed by atoms with van der Waals surface area (Å²) in [7, 11) is 0. The summed E-state index contributed by atoms with van der Waals surface area (Å²) in [6.07, 6.45) is 4.67. The van der Waals surface area contributed by atoms with E-state index in [0.29, 0.717) is 0 Å². The zero-order valence-electron chi connectivity index (χ0n) is 15.6. The molecule has 2 aliphatic heterocycles. The summed E-state index contributed by atoms with van der Waals surface area (Å²) in [6, 6.07) is 8.80. The summed E-state index contributed by atoms with van der Waals surface area (Å²) in [5, 5.41) is 3.49. The quantitative estimate of drug-likeness (QED) is 0.426. The van der Waals surface area contributed by atoms with E-state index in [-0.39, 0.29) is 29.4 Å². The first-order valence-electron chi connectivity index (χ1n) is 9.42. The van der Waals surface area contributed by atoms with Crippen LogP contribution in [0.5, 0.6) is 0 Å². The highest BCUT2D eigenvalue weighted by Gasteiger charge is 2.35. The first kappa shape index (κ1) is 20.5. The summed E-state index contributed by atoms with van der Waals surface area (Å²) in [5.41, 5.74) is 2.94. The van der Waals surface area contributed by atoms with E-state index >= 15 is 0 Å². The minimum Gasteiger partial charge on any atom is -0.381 e. The van der Waals surface area contributed by atoms with Crippen molar-refractivity contribution in [2.24, 2.45) is 4.99 Å². The van der Waals surface area contributed by atoms with Crippen LogP contribution in [0.3, 0.4) is 0 Å². The molecule has 140 valence electrons. The Bertz CT molecular complexity index is 564. The molecule has 2 fully saturated rings. The second kappa shape index (κ2) is 9.76. The number of hydrogen-bond acceptors (Lipinski definition) is 2. The second-order valence-corrected chi connectivity index (χ2v) is 7.07. The number of halogens is 1. The van der Waals surface area contributed by atoms with E-state index in [1.165, 1.54) is 24.0 Å². The molecule has 2 heterocycles. The molecule has 2 saturated heterocycles. The Morgan fingerprint density at radius 1 is 1.20 bits per heavy atom. The molecule has 0 atom stereocenters. The highest BCUT2D eigenvalue weighted by molar-refractivity contribution is 14.0. The van der Waals surface area contributed by atoms with Gasteiger partial charge in [0.15, 0.2) is 5.96 Å². The second-order valence-electron chi connectivity index (χ2n) is 7.07. The molecule has 0 spiro atoms. The molecule has 25 heavy (non-hydrogen) atoms. The van der Waals surface area contributed by atoms with Crippen molar-refractivity contribution >= 4 is 29.9 Å². The van der Waals surface area contributed by atoms with Crippen molar-refractivity contribution in [3.05, 3.63) is 35.4 Å². The third-order valence-electron chi connectivity index (χ3n) is 5.44. The number of hydrogen-bond donors (Lipinski definition) is 1. The summed E-state index contributed by atoms with van der Waals surface area (Å²) in [6.45, 7) is 10.1. The zero-order valence-corrected chi connectivity index (χ0v) is 17.9. The van der Waals surface area contributed by atoms with Gasteiger partial charge in [-0.2, -0.15) is 0 Å². The predicted molar refractivity (Wildman–Crippen MR) is 115 cm³/mol. The van der Waals surface area contributed by atoms with Gasteiger partial charge in [-0.1, -0.05) is 24.3 Å². The third kappa shape index (κ3) is 4.88. The number of aryl methyl sites for hydroxylation is 1. The molecule has 0 saturated carbocycles. The van der Waals surface area contributed by atoms with Crippen LogP contribution in [0.4, 0.5) is 0 Å². The Balaban J connectivity index is 0.00000225. The van der Waals surface area contributed by atoms with E-state index in [9.17, 15) is 0 Å². The Hall–Kier alpha value is -0.820. The van der Waals surface area contributed by atoms with Crippen LogP contribution in [-0.4, -0.2) is 50.3 Å². The van der Waals surface area contributed by atoms with E-state index in [0.717, 1.165) is 58.2 Å². The van der Waals surface area contributed by atoms with Gasteiger partial charge in [-0.15, -0.1) is 24.0 Å². The van der Waals surface area contributed by atoms with Crippen LogP contribution < -0.4 is 5.32 Å². The highest BCUT2D eigenvalue weighted by Crippen LogP contribution is 2.37. The summed E-state index contributed by atoms with van der Waals surface area (Å²) in [4.78, 5) is 7.50. The van der Waals surface area contributed by atoms with Crippen molar-refractivity contribution in [2.45, 2.75) is 44.9 Å². The number of ether oxygens (including phenoxy) is 1. The maximum Gasteiger partial charge on any atom is 0.193 e. The molecular weight excluding hydrogens is 425 g/mol. The molecule has 0 unspecified atom stereocenters. The van der Waals surface area contributed by atoms with E-state index < -0.39 is 0 Å². The van der Waals surface area contributed by atoms with E-state index in [1.807, 2.05) is 0 Å². The van der Waals surface area contributed by atoms with Gasteiger partial charge in [-0.25, -0.2) is 0 Å². The van der Waals surface area contributed by atoms with Crippen molar-refractivity contribution < 1.29 is 4.74 Å². The fraction of sp³-hybridized carbons (Fsp3) is 0.650. The number of nitrogens with one attached hydrogen (secondary N) is 1. The van der Waals surface area contributed by atoms with Gasteiger partial charge in [-0.05, 0) is 50.7 Å². The number of rotatable bonds is 4. The molecular formula is C20H32IN3O. The Morgan fingerprint density at radius 2 is 1.88 bits per heavy atom. The molecule has 0 bridgehead atoms. The minimum atomic E-state index is 0. The van der Waals surface area contributed by atoms with Gasteiger partial charge in [0, 0.05) is 38.3 Å². The average Bonchev–Trinajstić information content (AvgIpc) is 3.14. The maximum atomic E-state index is 5.67. The number of benzene rings is 1. The first-order valence-corrected chi connectivity index (χ1v) is 9.42. The van der Waals surface area contributed by atoms with Gasteiger partial charge < -0.3 is 15.0 Å². The van der Waals surface area contributed by atoms with Gasteiger partial charge in [0.25, 0.3) is 0 Å². The normalized spacial score (nSPS) is 20.2. The molecule has 3 rings (SSSR count). The molecule has 1 aromatic rings. The van der Waals surface area contributed by atoms with E-state index in [4.69, 9.17) is 9.73 Å². The van der Waals surface area contributed by atoms with Crippen LogP contribution in [0.25, 0.3) is 0 Å². The molecule has 0 aliphatic carbocycles. The monoisotopic (exact) mass is 457 g/mol. The first-order chi connectivity index (χ1) is 11.7. The standard InChI is InChI=1S/C20H31N3O.HI/c1-3-21-19(23-12-6-7-13-23)22-16-20(10-14-24-15-11-20)18-9-5-4-8-17(18)2;/h4-5,8-9H,3,6-7,10-16H2,1-2H3,(H,21,22);1H. The average molecular weight is 457 g/mol. The van der Waals surface area contributed by atoms with Crippen LogP contribution in [-0.2, 0) is 10.2 Å². The fourth-order valence-corrected chi connectivity index (χ4v) is 4.02. The Labute approximate surface area is 169 Å². The van der Waals surface area contributed by atoms with E-state index in [1.54, 1.807) is 0 Å². The van der Waals surface area contributed by atoms with Crippen molar-refractivity contribution in [3.63, 3.8) is 0 Å². The topological polar surface area (TPSA) is 36.9 Å². The van der Waals surface area contributed by atoms with Crippen LogP contribution in [0.15, 0.2) is 29.3 Å². The zero-order chi connectivity index (χ0) is 16.8. The van der Waals surface area contributed by atoms with Crippen LogP contribution in [0, 0.1) is 6.92 Å². The van der Waals surface area contributed by atoms with Gasteiger partial charge in [0.2, 0.25) is 0 Å². The van der Waals surface area contributed by atoms with Gasteiger partial charge in [0.05, 0.1) is 6.54 Å². The lowest BCUT2D eigenvalue weighted by atomic mass is 9.72. The molecule has 1 N–H and O–H groups in total. The van der Waals surface area contributed by atoms with Crippen molar-refractivity contribution in [3.8, 4) is 0 Å². The Morgan fingerprint density at radius 3 is 2.52 bits per heavy atom. The largest absolute Gasteiger partial charge is 0.381 e. The van der Waals surface area contributed by atoms with E-state index in [2.05, 4.69) is 48.3 Å². The number of guanidine groups is 1. The SMILES string of the molecule is CCNC(=NCC1(c2ccccc2C)CCOCC1)N1CCCC1.I. The highest BCUT2D eigenvalue weighted by atomic mass is 127. The minimum absolute atomic E-state index is 0.